The van der Waals surface area contributed by atoms with Crippen LogP contribution in [0.1, 0.15) is 32.4 Å². The van der Waals surface area contributed by atoms with Gasteiger partial charge in [0.25, 0.3) is 0 Å². The largest absolute Gasteiger partial charge is 0.494 e. The van der Waals surface area contributed by atoms with Crippen LogP contribution in [0.3, 0.4) is 0 Å². The van der Waals surface area contributed by atoms with E-state index in [9.17, 15) is 0 Å². The van der Waals surface area contributed by atoms with E-state index < -0.39 is 0 Å². The smallest absolute Gasteiger partial charge is 0.229 e. The van der Waals surface area contributed by atoms with Crippen molar-refractivity contribution in [1.29, 1.82) is 0 Å². The van der Waals surface area contributed by atoms with Gasteiger partial charge < -0.3 is 15.0 Å². The molecule has 1 aliphatic heterocycles. The Morgan fingerprint density at radius 3 is 2.54 bits per heavy atom. The van der Waals surface area contributed by atoms with Crippen LogP contribution in [0.4, 0.5) is 17.5 Å². The molecule has 2 heterocycles. The van der Waals surface area contributed by atoms with Gasteiger partial charge in [-0.25, -0.2) is 4.98 Å². The SMILES string of the molecule is CCOc1ccc(Nc2nc(C)cc(N3CCC(C)CC3)n2)cc1. The summed E-state index contributed by atoms with van der Waals surface area (Å²) >= 11 is 0. The number of nitrogens with one attached hydrogen (secondary N) is 1. The lowest BCUT2D eigenvalue weighted by molar-refractivity contribution is 0.340. The Labute approximate surface area is 144 Å². The number of hydrogen-bond acceptors (Lipinski definition) is 5. The standard InChI is InChI=1S/C19H26N4O/c1-4-24-17-7-5-16(6-8-17)21-19-20-15(3)13-18(22-19)23-11-9-14(2)10-12-23/h5-8,13-14H,4,9-12H2,1-3H3,(H,20,21,22). The van der Waals surface area contributed by atoms with Crippen LogP contribution >= 0.6 is 0 Å². The summed E-state index contributed by atoms with van der Waals surface area (Å²) in [6.07, 6.45) is 2.45. The van der Waals surface area contributed by atoms with Crippen molar-refractivity contribution < 1.29 is 4.74 Å². The molecule has 0 amide bonds. The number of aromatic nitrogens is 2. The second kappa shape index (κ2) is 7.51. The van der Waals surface area contributed by atoms with Gasteiger partial charge in [0, 0.05) is 30.5 Å². The van der Waals surface area contributed by atoms with E-state index in [-0.39, 0.29) is 0 Å². The van der Waals surface area contributed by atoms with Gasteiger partial charge in [-0.3, -0.25) is 0 Å². The normalized spacial score (nSPS) is 15.4. The lowest BCUT2D eigenvalue weighted by Gasteiger charge is -2.31. The first-order valence-electron chi connectivity index (χ1n) is 8.74. The van der Waals surface area contributed by atoms with E-state index in [4.69, 9.17) is 9.72 Å². The molecule has 0 unspecified atom stereocenters. The fourth-order valence-corrected chi connectivity index (χ4v) is 2.94. The summed E-state index contributed by atoms with van der Waals surface area (Å²) in [7, 11) is 0. The van der Waals surface area contributed by atoms with Crippen LogP contribution in [-0.2, 0) is 0 Å². The van der Waals surface area contributed by atoms with Gasteiger partial charge in [-0.2, -0.15) is 4.98 Å². The molecule has 1 aliphatic rings. The molecule has 24 heavy (non-hydrogen) atoms. The van der Waals surface area contributed by atoms with Gasteiger partial charge in [-0.1, -0.05) is 6.92 Å². The number of aryl methyl sites for hydroxylation is 1. The number of anilines is 3. The Bertz CT molecular complexity index is 664. The number of piperidine rings is 1. The van der Waals surface area contributed by atoms with Crippen LogP contribution in [0.2, 0.25) is 0 Å². The van der Waals surface area contributed by atoms with E-state index in [0.717, 1.165) is 42.0 Å². The van der Waals surface area contributed by atoms with Gasteiger partial charge in [0.05, 0.1) is 6.61 Å². The lowest BCUT2D eigenvalue weighted by atomic mass is 9.99. The zero-order valence-corrected chi connectivity index (χ0v) is 14.7. The number of rotatable bonds is 5. The van der Waals surface area contributed by atoms with E-state index in [2.05, 4.69) is 28.2 Å². The summed E-state index contributed by atoms with van der Waals surface area (Å²) in [6, 6.07) is 9.94. The maximum atomic E-state index is 5.47. The zero-order valence-electron chi connectivity index (χ0n) is 14.7. The first-order valence-corrected chi connectivity index (χ1v) is 8.74. The van der Waals surface area contributed by atoms with Gasteiger partial charge in [-0.05, 0) is 56.9 Å². The summed E-state index contributed by atoms with van der Waals surface area (Å²) in [6.45, 7) is 9.13. The maximum Gasteiger partial charge on any atom is 0.229 e. The second-order valence-electron chi connectivity index (χ2n) is 6.44. The Morgan fingerprint density at radius 1 is 1.17 bits per heavy atom. The highest BCUT2D eigenvalue weighted by Gasteiger charge is 2.18. The average molecular weight is 326 g/mol. The first-order chi connectivity index (χ1) is 11.6. The molecule has 128 valence electrons. The summed E-state index contributed by atoms with van der Waals surface area (Å²) in [5, 5.41) is 3.30. The van der Waals surface area contributed by atoms with Gasteiger partial charge >= 0.3 is 0 Å². The van der Waals surface area contributed by atoms with E-state index in [1.807, 2.05) is 38.1 Å². The monoisotopic (exact) mass is 326 g/mol. The van der Waals surface area contributed by atoms with Gasteiger partial charge in [0.15, 0.2) is 0 Å². The molecule has 1 saturated heterocycles. The quantitative estimate of drug-likeness (QED) is 0.894. The number of ether oxygens (including phenoxy) is 1. The third kappa shape index (κ3) is 4.16. The van der Waals surface area contributed by atoms with Crippen molar-refractivity contribution >= 4 is 17.5 Å². The van der Waals surface area contributed by atoms with Crippen molar-refractivity contribution in [2.45, 2.75) is 33.6 Å². The molecule has 1 N–H and O–H groups in total. The average Bonchev–Trinajstić information content (AvgIpc) is 2.57. The van der Waals surface area contributed by atoms with Crippen molar-refractivity contribution in [3.05, 3.63) is 36.0 Å². The predicted molar refractivity (Wildman–Crippen MR) is 98.3 cm³/mol. The summed E-state index contributed by atoms with van der Waals surface area (Å²) in [5.41, 5.74) is 1.94. The van der Waals surface area contributed by atoms with Crippen LogP contribution in [0.25, 0.3) is 0 Å². The molecular formula is C19H26N4O. The van der Waals surface area contributed by atoms with E-state index in [1.165, 1.54) is 12.8 Å². The highest BCUT2D eigenvalue weighted by molar-refractivity contribution is 5.56. The molecule has 2 aromatic rings. The highest BCUT2D eigenvalue weighted by Crippen LogP contribution is 2.24. The molecule has 0 aliphatic carbocycles. The molecule has 0 bridgehead atoms. The number of hydrogen-bond donors (Lipinski definition) is 1. The van der Waals surface area contributed by atoms with Crippen LogP contribution in [0, 0.1) is 12.8 Å². The maximum absolute atomic E-state index is 5.47. The van der Waals surface area contributed by atoms with Crippen LogP contribution in [-0.4, -0.2) is 29.7 Å². The molecule has 0 spiro atoms. The van der Waals surface area contributed by atoms with Crippen LogP contribution in [0.15, 0.2) is 30.3 Å². The van der Waals surface area contributed by atoms with E-state index in [1.54, 1.807) is 0 Å². The Kier molecular flexibility index (Phi) is 5.18. The second-order valence-corrected chi connectivity index (χ2v) is 6.44. The van der Waals surface area contributed by atoms with Crippen molar-refractivity contribution in [2.24, 2.45) is 5.92 Å². The summed E-state index contributed by atoms with van der Waals surface area (Å²) in [5.74, 6) is 3.34. The molecule has 3 rings (SSSR count). The van der Waals surface area contributed by atoms with Crippen molar-refractivity contribution in [3.63, 3.8) is 0 Å². The van der Waals surface area contributed by atoms with Crippen molar-refractivity contribution in [1.82, 2.24) is 9.97 Å². The topological polar surface area (TPSA) is 50.3 Å². The predicted octanol–water partition coefficient (Wildman–Crippen LogP) is 4.16. The van der Waals surface area contributed by atoms with Gasteiger partial charge in [-0.15, -0.1) is 0 Å². The molecule has 0 atom stereocenters. The zero-order chi connectivity index (χ0) is 16.9. The highest BCUT2D eigenvalue weighted by atomic mass is 16.5. The molecule has 0 radical (unpaired) electrons. The Balaban J connectivity index is 1.73. The minimum atomic E-state index is 0.646. The van der Waals surface area contributed by atoms with Crippen molar-refractivity contribution in [2.75, 3.05) is 29.9 Å². The fraction of sp³-hybridized carbons (Fsp3) is 0.474. The third-order valence-electron chi connectivity index (χ3n) is 4.37. The minimum Gasteiger partial charge on any atom is -0.494 e. The molecule has 0 saturated carbocycles. The van der Waals surface area contributed by atoms with Gasteiger partial charge in [0.2, 0.25) is 5.95 Å². The number of nitrogens with zero attached hydrogens (tertiary/aromatic N) is 3. The summed E-state index contributed by atoms with van der Waals surface area (Å²) < 4.78 is 5.47. The van der Waals surface area contributed by atoms with Crippen LogP contribution in [0.5, 0.6) is 5.75 Å². The molecule has 1 fully saturated rings. The van der Waals surface area contributed by atoms with Crippen LogP contribution < -0.4 is 15.0 Å². The Morgan fingerprint density at radius 2 is 1.88 bits per heavy atom. The molecular weight excluding hydrogens is 300 g/mol. The molecule has 5 nitrogen and oxygen atoms in total. The molecule has 1 aromatic heterocycles. The molecule has 1 aromatic carbocycles. The first kappa shape index (κ1) is 16.6. The minimum absolute atomic E-state index is 0.646. The number of benzene rings is 1. The van der Waals surface area contributed by atoms with Gasteiger partial charge in [0.1, 0.15) is 11.6 Å². The summed E-state index contributed by atoms with van der Waals surface area (Å²) in [4.78, 5) is 11.6. The van der Waals surface area contributed by atoms with E-state index >= 15 is 0 Å². The van der Waals surface area contributed by atoms with Crippen molar-refractivity contribution in [3.8, 4) is 5.75 Å². The lowest BCUT2D eigenvalue weighted by Crippen LogP contribution is -2.33. The Hall–Kier alpha value is -2.30. The fourth-order valence-electron chi connectivity index (χ4n) is 2.94. The molecule has 5 heteroatoms. The van der Waals surface area contributed by atoms with E-state index in [0.29, 0.717) is 12.6 Å². The third-order valence-corrected chi connectivity index (χ3v) is 4.37.